The Kier molecular flexibility index (Phi) is 6.77. The van der Waals surface area contributed by atoms with Crippen LogP contribution in [0, 0.1) is 0 Å². The lowest BCUT2D eigenvalue weighted by Crippen LogP contribution is -2.36. The van der Waals surface area contributed by atoms with Gasteiger partial charge < -0.3 is 19.8 Å². The van der Waals surface area contributed by atoms with Gasteiger partial charge in [-0.3, -0.25) is 9.59 Å². The summed E-state index contributed by atoms with van der Waals surface area (Å²) in [6.07, 6.45) is -8.74. The van der Waals surface area contributed by atoms with E-state index in [2.05, 4.69) is 10.6 Å². The second-order valence-corrected chi connectivity index (χ2v) is 5.61. The van der Waals surface area contributed by atoms with Gasteiger partial charge in [0.15, 0.2) is 12.4 Å². The molecule has 0 saturated carbocycles. The molecule has 1 aromatic carbocycles. The average molecular weight is 424 g/mol. The van der Waals surface area contributed by atoms with Crippen molar-refractivity contribution in [1.82, 2.24) is 10.6 Å². The number of alkyl halides is 6. The van der Waals surface area contributed by atoms with E-state index in [4.69, 9.17) is 9.15 Å². The second kappa shape index (κ2) is 8.88. The Morgan fingerprint density at radius 3 is 2.03 bits per heavy atom. The van der Waals surface area contributed by atoms with E-state index in [1.165, 1.54) is 18.4 Å². The third-order valence-electron chi connectivity index (χ3n) is 3.41. The number of hydrogen-bond acceptors (Lipinski definition) is 4. The molecule has 2 rings (SSSR count). The molecule has 2 N–H and O–H groups in total. The number of carbonyl (C=O) groups is 2. The molecule has 0 aliphatic rings. The monoisotopic (exact) mass is 424 g/mol. The molecule has 0 aliphatic carbocycles. The van der Waals surface area contributed by atoms with E-state index < -0.39 is 47.7 Å². The van der Waals surface area contributed by atoms with Gasteiger partial charge in [0, 0.05) is 13.1 Å². The Labute approximate surface area is 159 Å². The zero-order chi connectivity index (χ0) is 21.7. The van der Waals surface area contributed by atoms with Gasteiger partial charge in [0.05, 0.1) is 17.4 Å². The average Bonchev–Trinajstić information content (AvgIpc) is 3.16. The maximum atomic E-state index is 12.8. The minimum Gasteiger partial charge on any atom is -0.484 e. The van der Waals surface area contributed by atoms with Gasteiger partial charge in [-0.1, -0.05) is 0 Å². The molecule has 0 aliphatic heterocycles. The van der Waals surface area contributed by atoms with Crippen LogP contribution in [0.1, 0.15) is 21.7 Å². The molecule has 0 atom stereocenters. The van der Waals surface area contributed by atoms with Crippen molar-refractivity contribution in [3.05, 3.63) is 53.5 Å². The zero-order valence-corrected chi connectivity index (χ0v) is 14.5. The first kappa shape index (κ1) is 22.1. The summed E-state index contributed by atoms with van der Waals surface area (Å²) in [5, 5.41) is 4.71. The van der Waals surface area contributed by atoms with E-state index in [0.29, 0.717) is 12.1 Å². The molecule has 0 radical (unpaired) electrons. The summed E-state index contributed by atoms with van der Waals surface area (Å²) in [7, 11) is 0. The molecule has 1 heterocycles. The van der Waals surface area contributed by atoms with Crippen LogP contribution in [0.25, 0.3) is 0 Å². The Bertz CT molecular complexity index is 814. The third kappa shape index (κ3) is 6.73. The van der Waals surface area contributed by atoms with Crippen molar-refractivity contribution >= 4 is 11.8 Å². The van der Waals surface area contributed by atoms with E-state index in [1.54, 1.807) is 0 Å². The van der Waals surface area contributed by atoms with E-state index in [0.717, 1.165) is 0 Å². The van der Waals surface area contributed by atoms with Gasteiger partial charge in [-0.15, -0.1) is 0 Å². The number of amides is 2. The molecule has 0 saturated heterocycles. The van der Waals surface area contributed by atoms with Crippen molar-refractivity contribution in [3.8, 4) is 5.75 Å². The third-order valence-corrected chi connectivity index (χ3v) is 3.41. The molecule has 2 amide bonds. The zero-order valence-electron chi connectivity index (χ0n) is 14.5. The maximum Gasteiger partial charge on any atom is 0.416 e. The fourth-order valence-electron chi connectivity index (χ4n) is 2.08. The van der Waals surface area contributed by atoms with Gasteiger partial charge in [0.1, 0.15) is 5.75 Å². The SMILES string of the molecule is O=C(COc1cc(C(F)(F)F)cc(C(F)(F)F)c1)NCCNC(=O)c1ccco1. The number of ether oxygens (including phenoxy) is 1. The first-order valence-electron chi connectivity index (χ1n) is 7.97. The number of hydrogen-bond donors (Lipinski definition) is 2. The van der Waals surface area contributed by atoms with Gasteiger partial charge in [-0.05, 0) is 30.3 Å². The summed E-state index contributed by atoms with van der Waals surface area (Å²) < 4.78 is 86.2. The van der Waals surface area contributed by atoms with Crippen LogP contribution in [0.2, 0.25) is 0 Å². The van der Waals surface area contributed by atoms with Crippen molar-refractivity contribution in [2.45, 2.75) is 12.4 Å². The number of rotatable bonds is 7. The van der Waals surface area contributed by atoms with E-state index >= 15 is 0 Å². The Balaban J connectivity index is 1.86. The quantitative estimate of drug-likeness (QED) is 0.528. The van der Waals surface area contributed by atoms with Crippen LogP contribution >= 0.6 is 0 Å². The fourth-order valence-corrected chi connectivity index (χ4v) is 2.08. The van der Waals surface area contributed by atoms with Crippen molar-refractivity contribution in [3.63, 3.8) is 0 Å². The highest BCUT2D eigenvalue weighted by Crippen LogP contribution is 2.38. The molecule has 29 heavy (non-hydrogen) atoms. The second-order valence-electron chi connectivity index (χ2n) is 5.61. The smallest absolute Gasteiger partial charge is 0.416 e. The molecular weight excluding hydrogens is 410 g/mol. The standard InChI is InChI=1S/C17H14F6N2O4/c18-16(19,20)10-6-11(17(21,22)23)8-12(7-10)29-9-14(26)24-3-4-25-15(27)13-2-1-5-28-13/h1-2,5-8H,3-4,9H2,(H,24,26)(H,25,27). The molecule has 0 unspecified atom stereocenters. The number of halogens is 6. The molecule has 12 heteroatoms. The van der Waals surface area contributed by atoms with Crippen molar-refractivity contribution in [1.29, 1.82) is 0 Å². The highest BCUT2D eigenvalue weighted by Gasteiger charge is 2.37. The minimum absolute atomic E-state index is 0.00700. The summed E-state index contributed by atoms with van der Waals surface area (Å²) in [5.74, 6) is -2.02. The lowest BCUT2D eigenvalue weighted by atomic mass is 10.1. The van der Waals surface area contributed by atoms with Crippen LogP contribution in [0.4, 0.5) is 26.3 Å². The number of carbonyl (C=O) groups excluding carboxylic acids is 2. The molecule has 0 fully saturated rings. The van der Waals surface area contributed by atoms with Gasteiger partial charge >= 0.3 is 12.4 Å². The topological polar surface area (TPSA) is 80.6 Å². The van der Waals surface area contributed by atoms with E-state index in [-0.39, 0.29) is 24.9 Å². The van der Waals surface area contributed by atoms with Crippen molar-refractivity contribution in [2.75, 3.05) is 19.7 Å². The summed E-state index contributed by atoms with van der Waals surface area (Å²) in [5.41, 5.74) is -3.10. The summed E-state index contributed by atoms with van der Waals surface area (Å²) in [6.45, 7) is -0.858. The summed E-state index contributed by atoms with van der Waals surface area (Å²) in [4.78, 5) is 23.2. The fraction of sp³-hybridized carbons (Fsp3) is 0.294. The van der Waals surface area contributed by atoms with E-state index in [9.17, 15) is 35.9 Å². The van der Waals surface area contributed by atoms with Crippen LogP contribution in [0.5, 0.6) is 5.75 Å². The number of nitrogens with one attached hydrogen (secondary N) is 2. The van der Waals surface area contributed by atoms with Crippen LogP contribution in [0.15, 0.2) is 41.0 Å². The summed E-state index contributed by atoms with van der Waals surface area (Å²) in [6, 6.07) is 3.62. The van der Waals surface area contributed by atoms with E-state index in [1.807, 2.05) is 0 Å². The highest BCUT2D eigenvalue weighted by molar-refractivity contribution is 5.91. The molecule has 2 aromatic rings. The Morgan fingerprint density at radius 1 is 0.931 bits per heavy atom. The van der Waals surface area contributed by atoms with Crippen LogP contribution in [-0.4, -0.2) is 31.5 Å². The predicted octanol–water partition coefficient (Wildman–Crippen LogP) is 3.24. The van der Waals surface area contributed by atoms with Crippen molar-refractivity contribution in [2.24, 2.45) is 0 Å². The first-order chi connectivity index (χ1) is 13.5. The molecule has 0 bridgehead atoms. The van der Waals surface area contributed by atoms with Gasteiger partial charge in [-0.2, -0.15) is 26.3 Å². The number of furan rings is 1. The molecule has 0 spiro atoms. The first-order valence-corrected chi connectivity index (χ1v) is 7.97. The minimum atomic E-state index is -5.02. The van der Waals surface area contributed by atoms with Gasteiger partial charge in [-0.25, -0.2) is 0 Å². The molecule has 158 valence electrons. The maximum absolute atomic E-state index is 12.8. The number of benzene rings is 1. The van der Waals surface area contributed by atoms with Gasteiger partial charge in [0.2, 0.25) is 0 Å². The lowest BCUT2D eigenvalue weighted by molar-refractivity contribution is -0.143. The van der Waals surface area contributed by atoms with Crippen molar-refractivity contribution < 1.29 is 45.1 Å². The molecule has 6 nitrogen and oxygen atoms in total. The Hall–Kier alpha value is -3.18. The lowest BCUT2D eigenvalue weighted by Gasteiger charge is -2.14. The van der Waals surface area contributed by atoms with Gasteiger partial charge in [0.25, 0.3) is 11.8 Å². The highest BCUT2D eigenvalue weighted by atomic mass is 19.4. The molecule has 1 aromatic heterocycles. The Morgan fingerprint density at radius 2 is 1.52 bits per heavy atom. The summed E-state index contributed by atoms with van der Waals surface area (Å²) >= 11 is 0. The normalized spacial score (nSPS) is 11.8. The van der Waals surface area contributed by atoms with Crippen LogP contribution in [0.3, 0.4) is 0 Å². The predicted molar refractivity (Wildman–Crippen MR) is 86.0 cm³/mol. The largest absolute Gasteiger partial charge is 0.484 e. The molecular formula is C17H14F6N2O4. The van der Waals surface area contributed by atoms with Crippen LogP contribution < -0.4 is 15.4 Å². The van der Waals surface area contributed by atoms with Crippen LogP contribution in [-0.2, 0) is 17.1 Å².